The van der Waals surface area contributed by atoms with Crippen LogP contribution < -0.4 is 5.56 Å². The lowest BCUT2D eigenvalue weighted by molar-refractivity contribution is 0.867. The van der Waals surface area contributed by atoms with Crippen molar-refractivity contribution in [3.8, 4) is 17.3 Å². The van der Waals surface area contributed by atoms with Gasteiger partial charge >= 0.3 is 0 Å². The first kappa shape index (κ1) is 12.1. The van der Waals surface area contributed by atoms with Crippen LogP contribution in [0.4, 0.5) is 0 Å². The third-order valence-electron chi connectivity index (χ3n) is 2.82. The first-order valence-corrected chi connectivity index (χ1v) is 5.71. The summed E-state index contributed by atoms with van der Waals surface area (Å²) in [6.07, 6.45) is 1.31. The number of hydrogen-bond donors (Lipinski definition) is 1. The number of nitrogens with one attached hydrogen (secondary N) is 1. The summed E-state index contributed by atoms with van der Waals surface area (Å²) < 4.78 is 0. The van der Waals surface area contributed by atoms with E-state index in [1.54, 1.807) is 0 Å². The molecule has 0 radical (unpaired) electrons. The minimum absolute atomic E-state index is 0.0507. The third kappa shape index (κ3) is 2.16. The summed E-state index contributed by atoms with van der Waals surface area (Å²) in [5, 5.41) is 8.99. The van der Waals surface area contributed by atoms with Gasteiger partial charge in [-0.15, -0.1) is 0 Å². The molecule has 90 valence electrons. The van der Waals surface area contributed by atoms with Gasteiger partial charge in [-0.25, -0.2) is 4.98 Å². The lowest BCUT2D eigenvalue weighted by Gasteiger charge is -2.07. The van der Waals surface area contributed by atoms with Crippen molar-refractivity contribution in [2.75, 3.05) is 0 Å². The van der Waals surface area contributed by atoms with Crippen LogP contribution in [0.3, 0.4) is 0 Å². The molecular formula is C14H13N3O. The van der Waals surface area contributed by atoms with Gasteiger partial charge in [0.25, 0.3) is 5.56 Å². The van der Waals surface area contributed by atoms with E-state index in [4.69, 9.17) is 5.26 Å². The Bertz CT molecular complexity index is 648. The van der Waals surface area contributed by atoms with E-state index in [0.29, 0.717) is 11.6 Å². The lowest BCUT2D eigenvalue weighted by atomic mass is 10.00. The Morgan fingerprint density at radius 1 is 1.28 bits per heavy atom. The maximum Gasteiger partial charge on any atom is 0.269 e. The van der Waals surface area contributed by atoms with Crippen LogP contribution >= 0.6 is 0 Å². The van der Waals surface area contributed by atoms with E-state index in [1.807, 2.05) is 30.3 Å². The second kappa shape index (κ2) is 4.84. The first-order chi connectivity index (χ1) is 8.63. The van der Waals surface area contributed by atoms with Crippen molar-refractivity contribution in [1.82, 2.24) is 9.97 Å². The number of aromatic amines is 1. The molecule has 4 nitrogen and oxygen atoms in total. The molecule has 0 aliphatic rings. The van der Waals surface area contributed by atoms with Crippen molar-refractivity contribution < 1.29 is 0 Å². The van der Waals surface area contributed by atoms with E-state index >= 15 is 0 Å². The summed E-state index contributed by atoms with van der Waals surface area (Å²) >= 11 is 0. The summed E-state index contributed by atoms with van der Waals surface area (Å²) in [5.41, 5.74) is 2.06. The topological polar surface area (TPSA) is 69.5 Å². The molecular weight excluding hydrogens is 226 g/mol. The molecule has 2 rings (SSSR count). The van der Waals surface area contributed by atoms with Crippen molar-refractivity contribution in [1.29, 1.82) is 5.26 Å². The molecule has 4 heteroatoms. The molecule has 0 bridgehead atoms. The van der Waals surface area contributed by atoms with Gasteiger partial charge in [0.15, 0.2) is 0 Å². The zero-order valence-electron chi connectivity index (χ0n) is 10.3. The van der Waals surface area contributed by atoms with Gasteiger partial charge in [0.2, 0.25) is 0 Å². The third-order valence-corrected chi connectivity index (χ3v) is 2.82. The zero-order chi connectivity index (χ0) is 13.1. The largest absolute Gasteiger partial charge is 0.312 e. The van der Waals surface area contributed by atoms with Crippen LogP contribution in [0.5, 0.6) is 0 Å². The maximum absolute atomic E-state index is 11.5. The average Bonchev–Trinajstić information content (AvgIpc) is 2.38. The Balaban J connectivity index is 2.53. The van der Waals surface area contributed by atoms with Crippen LogP contribution in [0.2, 0.25) is 0 Å². The fraction of sp³-hybridized carbons (Fsp3) is 0.214. The van der Waals surface area contributed by atoms with Gasteiger partial charge in [-0.2, -0.15) is 5.26 Å². The van der Waals surface area contributed by atoms with Crippen molar-refractivity contribution in [3.05, 3.63) is 52.1 Å². The summed E-state index contributed by atoms with van der Waals surface area (Å²) in [6, 6.07) is 9.65. The fourth-order valence-electron chi connectivity index (χ4n) is 1.75. The summed E-state index contributed by atoms with van der Waals surface area (Å²) in [6.45, 7) is 4.22. The van der Waals surface area contributed by atoms with Gasteiger partial charge in [-0.1, -0.05) is 38.1 Å². The molecule has 0 amide bonds. The monoisotopic (exact) mass is 239 g/mol. The Labute approximate surface area is 105 Å². The number of rotatable bonds is 2. The molecule has 0 saturated carbocycles. The highest BCUT2D eigenvalue weighted by Crippen LogP contribution is 2.21. The molecule has 1 heterocycles. The Morgan fingerprint density at radius 2 is 1.94 bits per heavy atom. The molecule has 0 aliphatic heterocycles. The highest BCUT2D eigenvalue weighted by atomic mass is 16.1. The molecule has 1 aromatic heterocycles. The Morgan fingerprint density at radius 3 is 2.50 bits per heavy atom. The minimum Gasteiger partial charge on any atom is -0.312 e. The first-order valence-electron chi connectivity index (χ1n) is 5.71. The Hall–Kier alpha value is -2.41. The molecule has 0 unspecified atom stereocenters. The van der Waals surface area contributed by atoms with Gasteiger partial charge in [0.1, 0.15) is 11.6 Å². The smallest absolute Gasteiger partial charge is 0.269 e. The molecule has 0 aliphatic carbocycles. The fourth-order valence-corrected chi connectivity index (χ4v) is 1.75. The molecule has 1 N–H and O–H groups in total. The van der Waals surface area contributed by atoms with Crippen LogP contribution in [-0.4, -0.2) is 9.97 Å². The van der Waals surface area contributed by atoms with Gasteiger partial charge in [0.05, 0.1) is 12.0 Å². The van der Waals surface area contributed by atoms with E-state index < -0.39 is 5.56 Å². The summed E-state index contributed by atoms with van der Waals surface area (Å²) in [7, 11) is 0. The number of benzene rings is 1. The van der Waals surface area contributed by atoms with Crippen LogP contribution in [0.1, 0.15) is 30.9 Å². The molecule has 0 fully saturated rings. The SMILES string of the molecule is CC(C)c1ccc(-c2nc[nH]c(=O)c2C#N)cc1. The average molecular weight is 239 g/mol. The number of nitrogens with zero attached hydrogens (tertiary/aromatic N) is 2. The van der Waals surface area contributed by atoms with E-state index in [2.05, 4.69) is 23.8 Å². The quantitative estimate of drug-likeness (QED) is 0.875. The predicted octanol–water partition coefficient (Wildman–Crippen LogP) is 2.43. The number of H-pyrrole nitrogens is 1. The van der Waals surface area contributed by atoms with E-state index in [9.17, 15) is 4.79 Å². The van der Waals surface area contributed by atoms with Gasteiger partial charge in [-0.3, -0.25) is 4.79 Å². The zero-order valence-corrected chi connectivity index (χ0v) is 10.3. The van der Waals surface area contributed by atoms with E-state index in [0.717, 1.165) is 5.56 Å². The van der Waals surface area contributed by atoms with Crippen molar-refractivity contribution in [3.63, 3.8) is 0 Å². The molecule has 0 atom stereocenters. The molecule has 2 aromatic rings. The standard InChI is InChI=1S/C14H13N3O/c1-9(2)10-3-5-11(6-4-10)13-12(7-15)14(18)17-8-16-13/h3-6,8-9H,1-2H3,(H,16,17,18). The van der Waals surface area contributed by atoms with Crippen LogP contribution in [0.15, 0.2) is 35.4 Å². The van der Waals surface area contributed by atoms with Crippen LogP contribution in [0.25, 0.3) is 11.3 Å². The molecule has 18 heavy (non-hydrogen) atoms. The number of nitriles is 1. The molecule has 1 aromatic carbocycles. The van der Waals surface area contributed by atoms with E-state index in [1.165, 1.54) is 11.9 Å². The van der Waals surface area contributed by atoms with E-state index in [-0.39, 0.29) is 5.56 Å². The second-order valence-corrected chi connectivity index (χ2v) is 4.34. The maximum atomic E-state index is 11.5. The molecule has 0 saturated heterocycles. The van der Waals surface area contributed by atoms with Crippen molar-refractivity contribution in [2.45, 2.75) is 19.8 Å². The summed E-state index contributed by atoms with van der Waals surface area (Å²) in [4.78, 5) is 18.0. The molecule has 0 spiro atoms. The normalized spacial score (nSPS) is 10.3. The lowest BCUT2D eigenvalue weighted by Crippen LogP contribution is -2.12. The van der Waals surface area contributed by atoms with Crippen molar-refractivity contribution >= 4 is 0 Å². The number of aromatic nitrogens is 2. The van der Waals surface area contributed by atoms with Crippen LogP contribution in [0, 0.1) is 11.3 Å². The van der Waals surface area contributed by atoms with Crippen LogP contribution in [-0.2, 0) is 0 Å². The Kier molecular flexibility index (Phi) is 3.24. The highest BCUT2D eigenvalue weighted by molar-refractivity contribution is 5.65. The van der Waals surface area contributed by atoms with Gasteiger partial charge in [0, 0.05) is 5.56 Å². The predicted molar refractivity (Wildman–Crippen MR) is 69.1 cm³/mol. The highest BCUT2D eigenvalue weighted by Gasteiger charge is 2.10. The summed E-state index contributed by atoms with van der Waals surface area (Å²) in [5.74, 6) is 0.446. The van der Waals surface area contributed by atoms with Gasteiger partial charge in [-0.05, 0) is 11.5 Å². The minimum atomic E-state index is -0.407. The van der Waals surface area contributed by atoms with Gasteiger partial charge < -0.3 is 4.98 Å². The second-order valence-electron chi connectivity index (χ2n) is 4.34. The van der Waals surface area contributed by atoms with Crippen molar-refractivity contribution in [2.24, 2.45) is 0 Å². The number of hydrogen-bond acceptors (Lipinski definition) is 3.